The SMILES string of the molecule is Cc1ccc(C(=O)Nc2nnc(C(C)(C)C)s2)c(C2CCN(C(=O)c3nc(Cl)ccc3Cl)CC2)n1. The average Bonchev–Trinajstić information content (AvgIpc) is 3.29. The molecule has 184 valence electrons. The minimum Gasteiger partial charge on any atom is -0.337 e. The number of piperidine rings is 1. The second-order valence-corrected chi connectivity index (χ2v) is 11.3. The van der Waals surface area contributed by atoms with Gasteiger partial charge >= 0.3 is 0 Å². The topological polar surface area (TPSA) is 101 Å². The number of aromatic nitrogens is 4. The van der Waals surface area contributed by atoms with Gasteiger partial charge in [0.15, 0.2) is 0 Å². The zero-order valence-electron chi connectivity index (χ0n) is 19.9. The highest BCUT2D eigenvalue weighted by Crippen LogP contribution is 2.32. The van der Waals surface area contributed by atoms with Gasteiger partial charge in [-0.1, -0.05) is 55.3 Å². The molecule has 0 atom stereocenters. The number of hydrogen-bond donors (Lipinski definition) is 1. The van der Waals surface area contributed by atoms with E-state index in [0.29, 0.717) is 36.6 Å². The number of rotatable bonds is 4. The molecule has 4 rings (SSSR count). The summed E-state index contributed by atoms with van der Waals surface area (Å²) in [6, 6.07) is 6.74. The molecule has 1 N–H and O–H groups in total. The van der Waals surface area contributed by atoms with Crippen LogP contribution in [0.3, 0.4) is 0 Å². The van der Waals surface area contributed by atoms with Crippen LogP contribution in [0.2, 0.25) is 10.2 Å². The predicted molar refractivity (Wildman–Crippen MR) is 138 cm³/mol. The van der Waals surface area contributed by atoms with Gasteiger partial charge in [0.05, 0.1) is 16.3 Å². The minimum absolute atomic E-state index is 0.0297. The lowest BCUT2D eigenvalue weighted by molar-refractivity contribution is 0.0705. The highest BCUT2D eigenvalue weighted by molar-refractivity contribution is 7.15. The number of halogens is 2. The number of amides is 2. The Kier molecular flexibility index (Phi) is 7.40. The summed E-state index contributed by atoms with van der Waals surface area (Å²) in [4.78, 5) is 36.6. The van der Waals surface area contributed by atoms with E-state index in [1.165, 1.54) is 11.3 Å². The number of nitrogens with zero attached hydrogens (tertiary/aromatic N) is 5. The Balaban J connectivity index is 1.49. The van der Waals surface area contributed by atoms with Crippen LogP contribution in [0.15, 0.2) is 24.3 Å². The van der Waals surface area contributed by atoms with Crippen molar-refractivity contribution >= 4 is 51.5 Å². The van der Waals surface area contributed by atoms with Crippen LogP contribution in [-0.4, -0.2) is 50.0 Å². The maximum absolute atomic E-state index is 13.2. The Morgan fingerprint density at radius 2 is 1.77 bits per heavy atom. The fourth-order valence-electron chi connectivity index (χ4n) is 3.90. The van der Waals surface area contributed by atoms with Crippen LogP contribution in [0.4, 0.5) is 5.13 Å². The minimum atomic E-state index is -0.266. The zero-order valence-corrected chi connectivity index (χ0v) is 22.3. The largest absolute Gasteiger partial charge is 0.337 e. The molecule has 35 heavy (non-hydrogen) atoms. The Morgan fingerprint density at radius 1 is 1.06 bits per heavy atom. The van der Waals surface area contributed by atoms with Gasteiger partial charge in [0.2, 0.25) is 5.13 Å². The number of likely N-dealkylation sites (tertiary alicyclic amines) is 1. The Morgan fingerprint density at radius 3 is 2.43 bits per heavy atom. The Bertz CT molecular complexity index is 1270. The normalized spacial score (nSPS) is 14.7. The van der Waals surface area contributed by atoms with Crippen LogP contribution in [0.1, 0.15) is 76.8 Å². The summed E-state index contributed by atoms with van der Waals surface area (Å²) in [5.74, 6) is -0.489. The first-order valence-corrected chi connectivity index (χ1v) is 12.8. The molecule has 0 aromatic carbocycles. The first-order valence-electron chi connectivity index (χ1n) is 11.3. The van der Waals surface area contributed by atoms with Gasteiger partial charge in [0, 0.05) is 30.1 Å². The van der Waals surface area contributed by atoms with Crippen LogP contribution in [-0.2, 0) is 5.41 Å². The van der Waals surface area contributed by atoms with E-state index in [4.69, 9.17) is 28.2 Å². The van der Waals surface area contributed by atoms with Crippen molar-refractivity contribution < 1.29 is 9.59 Å². The molecule has 1 aliphatic heterocycles. The zero-order chi connectivity index (χ0) is 25.3. The number of carbonyl (C=O) groups excluding carboxylic acids is 2. The van der Waals surface area contributed by atoms with E-state index in [2.05, 4.69) is 41.3 Å². The van der Waals surface area contributed by atoms with E-state index in [1.807, 2.05) is 13.0 Å². The van der Waals surface area contributed by atoms with Crippen molar-refractivity contribution in [2.24, 2.45) is 0 Å². The summed E-state index contributed by atoms with van der Waals surface area (Å²) < 4.78 is 0. The van der Waals surface area contributed by atoms with Gasteiger partial charge < -0.3 is 4.90 Å². The molecule has 0 bridgehead atoms. The van der Waals surface area contributed by atoms with E-state index in [9.17, 15) is 9.59 Å². The number of carbonyl (C=O) groups is 2. The lowest BCUT2D eigenvalue weighted by Crippen LogP contribution is -2.39. The van der Waals surface area contributed by atoms with Crippen LogP contribution in [0.25, 0.3) is 0 Å². The lowest BCUT2D eigenvalue weighted by atomic mass is 9.89. The molecular formula is C24H26Cl2N6O2S. The van der Waals surface area contributed by atoms with Gasteiger partial charge in [-0.2, -0.15) is 0 Å². The van der Waals surface area contributed by atoms with Crippen molar-refractivity contribution in [1.29, 1.82) is 0 Å². The van der Waals surface area contributed by atoms with E-state index in [-0.39, 0.29) is 39.0 Å². The van der Waals surface area contributed by atoms with Crippen LogP contribution >= 0.6 is 34.5 Å². The molecule has 0 spiro atoms. The molecule has 1 saturated heterocycles. The standard InChI is InChI=1S/C24H26Cl2N6O2S/c1-13-5-6-15(20(33)29-23-31-30-22(35-23)24(2,3)4)18(27-13)14-9-11-32(12-10-14)21(34)19-16(25)7-8-17(26)28-19/h5-8,14H,9-12H2,1-4H3,(H,29,31,33). The number of anilines is 1. The monoisotopic (exact) mass is 532 g/mol. The number of nitrogens with one attached hydrogen (secondary N) is 1. The van der Waals surface area contributed by atoms with Gasteiger partial charge in [-0.25, -0.2) is 4.98 Å². The van der Waals surface area contributed by atoms with Crippen molar-refractivity contribution in [1.82, 2.24) is 25.1 Å². The molecule has 0 unspecified atom stereocenters. The Hall–Kier alpha value is -2.62. The molecule has 0 saturated carbocycles. The predicted octanol–water partition coefficient (Wildman–Crippen LogP) is 5.51. The maximum Gasteiger partial charge on any atom is 0.274 e. The van der Waals surface area contributed by atoms with Crippen molar-refractivity contribution in [3.05, 3.63) is 62.1 Å². The quantitative estimate of drug-likeness (QED) is 0.444. The van der Waals surface area contributed by atoms with E-state index in [0.717, 1.165) is 16.4 Å². The number of aryl methyl sites for hydroxylation is 1. The second-order valence-electron chi connectivity index (χ2n) is 9.53. The molecule has 11 heteroatoms. The second kappa shape index (κ2) is 10.2. The van der Waals surface area contributed by atoms with Gasteiger partial charge in [-0.3, -0.25) is 19.9 Å². The molecule has 2 amide bonds. The first-order chi connectivity index (χ1) is 16.5. The van der Waals surface area contributed by atoms with Gasteiger partial charge in [-0.05, 0) is 44.0 Å². The smallest absolute Gasteiger partial charge is 0.274 e. The molecule has 1 fully saturated rings. The Labute approximate surface area is 218 Å². The molecule has 0 aliphatic carbocycles. The average molecular weight is 533 g/mol. The van der Waals surface area contributed by atoms with Crippen LogP contribution in [0, 0.1) is 6.92 Å². The highest BCUT2D eigenvalue weighted by Gasteiger charge is 2.30. The fraction of sp³-hybridized carbons (Fsp3) is 0.417. The maximum atomic E-state index is 13.2. The summed E-state index contributed by atoms with van der Waals surface area (Å²) in [6.07, 6.45) is 1.32. The summed E-state index contributed by atoms with van der Waals surface area (Å²) in [5.41, 5.74) is 2.07. The summed E-state index contributed by atoms with van der Waals surface area (Å²) in [6.45, 7) is 9.04. The fourth-order valence-corrected chi connectivity index (χ4v) is 5.03. The molecular weight excluding hydrogens is 507 g/mol. The molecule has 3 aromatic heterocycles. The molecule has 0 radical (unpaired) electrons. The molecule has 4 heterocycles. The summed E-state index contributed by atoms with van der Waals surface area (Å²) >= 11 is 13.5. The van der Waals surface area contributed by atoms with Crippen LogP contribution in [0.5, 0.6) is 0 Å². The number of hydrogen-bond acceptors (Lipinski definition) is 7. The number of pyridine rings is 2. The van der Waals surface area contributed by atoms with Gasteiger partial charge in [0.1, 0.15) is 15.9 Å². The third kappa shape index (κ3) is 5.79. The summed E-state index contributed by atoms with van der Waals surface area (Å²) in [5, 5.41) is 13.0. The van der Waals surface area contributed by atoms with Crippen molar-refractivity contribution in [2.45, 2.75) is 51.9 Å². The molecule has 3 aromatic rings. The van der Waals surface area contributed by atoms with Gasteiger partial charge in [0.25, 0.3) is 11.8 Å². The molecule has 8 nitrogen and oxygen atoms in total. The molecule has 1 aliphatic rings. The van der Waals surface area contributed by atoms with Crippen molar-refractivity contribution in [3.8, 4) is 0 Å². The van der Waals surface area contributed by atoms with Gasteiger partial charge in [-0.15, -0.1) is 10.2 Å². The van der Waals surface area contributed by atoms with E-state index in [1.54, 1.807) is 23.1 Å². The third-order valence-corrected chi connectivity index (χ3v) is 7.56. The first kappa shape index (κ1) is 25.5. The highest BCUT2D eigenvalue weighted by atomic mass is 35.5. The van der Waals surface area contributed by atoms with Crippen molar-refractivity contribution in [3.63, 3.8) is 0 Å². The van der Waals surface area contributed by atoms with E-state index < -0.39 is 0 Å². The summed E-state index contributed by atoms with van der Waals surface area (Å²) in [7, 11) is 0. The lowest BCUT2D eigenvalue weighted by Gasteiger charge is -2.32. The van der Waals surface area contributed by atoms with Crippen molar-refractivity contribution in [2.75, 3.05) is 18.4 Å². The third-order valence-electron chi connectivity index (χ3n) is 5.78. The van der Waals surface area contributed by atoms with E-state index >= 15 is 0 Å². The van der Waals surface area contributed by atoms with Crippen LogP contribution < -0.4 is 5.32 Å².